The van der Waals surface area contributed by atoms with E-state index >= 15 is 0 Å². The number of benzene rings is 1. The molecule has 1 atom stereocenters. The highest BCUT2D eigenvalue weighted by Gasteiger charge is 2.61. The van der Waals surface area contributed by atoms with Crippen molar-refractivity contribution in [1.82, 2.24) is 0 Å². The monoisotopic (exact) mass is 352 g/mol. The lowest BCUT2D eigenvalue weighted by molar-refractivity contribution is -0.219. The van der Waals surface area contributed by atoms with Crippen molar-refractivity contribution in [3.63, 3.8) is 0 Å². The van der Waals surface area contributed by atoms with Crippen LogP contribution in [0.5, 0.6) is 5.75 Å². The summed E-state index contributed by atoms with van der Waals surface area (Å²) in [6.07, 6.45) is 10.2. The van der Waals surface area contributed by atoms with E-state index in [9.17, 15) is 0 Å². The van der Waals surface area contributed by atoms with Gasteiger partial charge in [0.2, 0.25) is 0 Å². The highest BCUT2D eigenvalue weighted by Crippen LogP contribution is 2.63. The molecule has 5 rings (SSSR count). The van der Waals surface area contributed by atoms with Gasteiger partial charge in [-0.25, -0.2) is 0 Å². The number of fused-ring (bicyclic) bond motifs is 5. The van der Waals surface area contributed by atoms with Gasteiger partial charge in [0, 0.05) is 11.8 Å². The van der Waals surface area contributed by atoms with Gasteiger partial charge in [0.05, 0.1) is 20.3 Å². The van der Waals surface area contributed by atoms with Crippen molar-refractivity contribution < 1.29 is 14.2 Å². The molecule has 26 heavy (non-hydrogen) atoms. The highest BCUT2D eigenvalue weighted by atomic mass is 16.7. The molecule has 1 saturated heterocycles. The van der Waals surface area contributed by atoms with Crippen molar-refractivity contribution in [2.45, 2.75) is 57.7 Å². The molecule has 0 bridgehead atoms. The van der Waals surface area contributed by atoms with E-state index in [-0.39, 0.29) is 5.41 Å². The zero-order valence-electron chi connectivity index (χ0n) is 15.9. The largest absolute Gasteiger partial charge is 0.497 e. The lowest BCUT2D eigenvalue weighted by Gasteiger charge is -2.48. The fraction of sp³-hybridized carbons (Fsp3) is 0.565. The molecule has 0 unspecified atom stereocenters. The maximum absolute atomic E-state index is 6.29. The summed E-state index contributed by atoms with van der Waals surface area (Å²) in [5.41, 5.74) is 7.62. The second-order valence-electron chi connectivity index (χ2n) is 8.08. The average molecular weight is 352 g/mol. The molecule has 0 N–H and O–H groups in total. The minimum atomic E-state index is -0.392. The van der Waals surface area contributed by atoms with Crippen molar-refractivity contribution in [3.8, 4) is 5.75 Å². The van der Waals surface area contributed by atoms with Crippen LogP contribution in [-0.2, 0) is 15.9 Å². The van der Waals surface area contributed by atoms with E-state index < -0.39 is 5.79 Å². The predicted octanol–water partition coefficient (Wildman–Crippen LogP) is 5.05. The average Bonchev–Trinajstić information content (AvgIpc) is 3.28. The third-order valence-electron chi connectivity index (χ3n) is 7.02. The van der Waals surface area contributed by atoms with E-state index in [1.807, 2.05) is 0 Å². The van der Waals surface area contributed by atoms with Gasteiger partial charge in [-0.05, 0) is 72.1 Å². The lowest BCUT2D eigenvalue weighted by atomic mass is 9.61. The van der Waals surface area contributed by atoms with Crippen molar-refractivity contribution in [3.05, 3.63) is 46.5 Å². The first-order valence-corrected chi connectivity index (χ1v) is 10.1. The number of hydrogen-bond acceptors (Lipinski definition) is 3. The van der Waals surface area contributed by atoms with E-state index in [0.717, 1.165) is 57.5 Å². The maximum Gasteiger partial charge on any atom is 0.181 e. The van der Waals surface area contributed by atoms with Gasteiger partial charge >= 0.3 is 0 Å². The van der Waals surface area contributed by atoms with Crippen LogP contribution in [0.2, 0.25) is 0 Å². The number of hydrogen-bond donors (Lipinski definition) is 0. The molecule has 3 nitrogen and oxygen atoms in total. The Morgan fingerprint density at radius 2 is 1.92 bits per heavy atom. The Hall–Kier alpha value is -1.58. The standard InChI is InChI=1S/C23H28O3/c1-3-10-22-11-8-19-18-7-5-17(24-2)15-16(18)4-6-20(19)21(22)9-12-23(22)25-13-14-26-23/h5,7,9,15H,3-4,6,8,10-14H2,1-2H3/t22-/m0/s1. The summed E-state index contributed by atoms with van der Waals surface area (Å²) in [4.78, 5) is 0. The molecule has 1 aliphatic heterocycles. The van der Waals surface area contributed by atoms with E-state index in [4.69, 9.17) is 14.2 Å². The molecule has 1 aromatic rings. The quantitative estimate of drug-likeness (QED) is 0.762. The zero-order chi connectivity index (χ0) is 17.8. The number of rotatable bonds is 3. The highest BCUT2D eigenvalue weighted by molar-refractivity contribution is 5.79. The van der Waals surface area contributed by atoms with Gasteiger partial charge in [-0.1, -0.05) is 25.5 Å². The maximum atomic E-state index is 6.29. The molecule has 0 saturated carbocycles. The third-order valence-corrected chi connectivity index (χ3v) is 7.02. The summed E-state index contributed by atoms with van der Waals surface area (Å²) in [6.45, 7) is 3.77. The van der Waals surface area contributed by atoms with Gasteiger partial charge in [0.15, 0.2) is 5.79 Å². The first-order chi connectivity index (χ1) is 12.7. The Balaban J connectivity index is 1.61. The van der Waals surface area contributed by atoms with Crippen LogP contribution >= 0.6 is 0 Å². The molecule has 1 heterocycles. The summed E-state index contributed by atoms with van der Waals surface area (Å²) < 4.78 is 18.0. The van der Waals surface area contributed by atoms with E-state index in [2.05, 4.69) is 31.2 Å². The Labute approximate surface area is 156 Å². The molecule has 3 aliphatic carbocycles. The summed E-state index contributed by atoms with van der Waals surface area (Å²) in [5.74, 6) is 0.576. The predicted molar refractivity (Wildman–Crippen MR) is 102 cm³/mol. The molecule has 0 amide bonds. The number of methoxy groups -OCH3 is 1. The van der Waals surface area contributed by atoms with Crippen LogP contribution in [0.1, 0.15) is 56.6 Å². The molecule has 1 spiro atoms. The molecular weight excluding hydrogens is 324 g/mol. The van der Waals surface area contributed by atoms with Crippen LogP contribution in [0.15, 0.2) is 35.4 Å². The van der Waals surface area contributed by atoms with E-state index in [0.29, 0.717) is 0 Å². The number of ether oxygens (including phenoxy) is 3. The lowest BCUT2D eigenvalue weighted by Crippen LogP contribution is -2.48. The second kappa shape index (κ2) is 5.97. The minimum absolute atomic E-state index is 0.0566. The van der Waals surface area contributed by atoms with Gasteiger partial charge < -0.3 is 14.2 Å². The van der Waals surface area contributed by atoms with E-state index in [1.54, 1.807) is 23.8 Å². The first-order valence-electron chi connectivity index (χ1n) is 10.1. The molecule has 4 aliphatic rings. The molecule has 1 aromatic carbocycles. The van der Waals surface area contributed by atoms with Crippen LogP contribution in [0.4, 0.5) is 0 Å². The SMILES string of the molecule is CCC[C@]12CCC3=C(CCc4cc(OC)ccc43)C1=CCC21OCCO1. The van der Waals surface area contributed by atoms with Crippen LogP contribution in [0.3, 0.4) is 0 Å². The van der Waals surface area contributed by atoms with Gasteiger partial charge in [-0.15, -0.1) is 0 Å². The van der Waals surface area contributed by atoms with Crippen LogP contribution < -0.4 is 4.74 Å². The first kappa shape index (κ1) is 16.6. The summed E-state index contributed by atoms with van der Waals surface area (Å²) >= 11 is 0. The molecular formula is C23H28O3. The Kier molecular flexibility index (Phi) is 3.81. The Bertz CT molecular complexity index is 798. The second-order valence-corrected chi connectivity index (χ2v) is 8.08. The summed E-state index contributed by atoms with van der Waals surface area (Å²) in [6, 6.07) is 6.60. The molecule has 1 fully saturated rings. The molecule has 138 valence electrons. The van der Waals surface area contributed by atoms with E-state index in [1.165, 1.54) is 17.5 Å². The van der Waals surface area contributed by atoms with Crippen LogP contribution in [0.25, 0.3) is 5.57 Å². The van der Waals surface area contributed by atoms with Crippen LogP contribution in [-0.4, -0.2) is 26.1 Å². The molecule has 3 heteroatoms. The Morgan fingerprint density at radius 1 is 1.08 bits per heavy atom. The normalized spacial score (nSPS) is 28.6. The van der Waals surface area contributed by atoms with Gasteiger partial charge in [0.25, 0.3) is 0 Å². The molecule has 0 aromatic heterocycles. The number of allylic oxidation sites excluding steroid dienone is 2. The van der Waals surface area contributed by atoms with Gasteiger partial charge in [-0.2, -0.15) is 0 Å². The fourth-order valence-corrected chi connectivity index (χ4v) is 5.99. The molecule has 0 radical (unpaired) electrons. The Morgan fingerprint density at radius 3 is 2.69 bits per heavy atom. The summed E-state index contributed by atoms with van der Waals surface area (Å²) in [5, 5.41) is 0. The summed E-state index contributed by atoms with van der Waals surface area (Å²) in [7, 11) is 1.75. The van der Waals surface area contributed by atoms with Gasteiger partial charge in [0.1, 0.15) is 5.75 Å². The van der Waals surface area contributed by atoms with Gasteiger partial charge in [-0.3, -0.25) is 0 Å². The smallest absolute Gasteiger partial charge is 0.181 e. The van der Waals surface area contributed by atoms with Crippen molar-refractivity contribution >= 4 is 5.57 Å². The van der Waals surface area contributed by atoms with Crippen LogP contribution in [0, 0.1) is 5.41 Å². The topological polar surface area (TPSA) is 27.7 Å². The number of aryl methyl sites for hydroxylation is 1. The van der Waals surface area contributed by atoms with Crippen molar-refractivity contribution in [2.24, 2.45) is 5.41 Å². The fourth-order valence-electron chi connectivity index (χ4n) is 5.99. The zero-order valence-corrected chi connectivity index (χ0v) is 15.9. The third kappa shape index (κ3) is 2.07. The van der Waals surface area contributed by atoms with Crippen molar-refractivity contribution in [1.29, 1.82) is 0 Å². The minimum Gasteiger partial charge on any atom is -0.497 e. The van der Waals surface area contributed by atoms with Crippen molar-refractivity contribution in [2.75, 3.05) is 20.3 Å².